The standard InChI is InChI=1S/C6H9N3O.2C2H6/c1-7-6-8-4-3-5(9-6)10-2;2*1-2/h3-4H,1-2H3,(H,7,8,9);2*1-2H3. The summed E-state index contributed by atoms with van der Waals surface area (Å²) in [6.45, 7) is 8.00. The van der Waals surface area contributed by atoms with Gasteiger partial charge in [0.05, 0.1) is 7.11 Å². The predicted molar refractivity (Wildman–Crippen MR) is 60.8 cm³/mol. The Morgan fingerprint density at radius 2 is 1.79 bits per heavy atom. The largest absolute Gasteiger partial charge is 0.481 e. The quantitative estimate of drug-likeness (QED) is 0.795. The summed E-state index contributed by atoms with van der Waals surface area (Å²) >= 11 is 0. The maximum atomic E-state index is 4.87. The summed E-state index contributed by atoms with van der Waals surface area (Å²) in [4.78, 5) is 7.87. The molecule has 0 unspecified atom stereocenters. The highest BCUT2D eigenvalue weighted by atomic mass is 16.5. The summed E-state index contributed by atoms with van der Waals surface area (Å²) in [6.07, 6.45) is 1.64. The van der Waals surface area contributed by atoms with Gasteiger partial charge in [0.15, 0.2) is 0 Å². The number of methoxy groups -OCH3 is 1. The molecule has 0 bridgehead atoms. The molecule has 1 aromatic heterocycles. The van der Waals surface area contributed by atoms with E-state index in [0.717, 1.165) is 0 Å². The number of rotatable bonds is 2. The van der Waals surface area contributed by atoms with Crippen LogP contribution < -0.4 is 10.1 Å². The van der Waals surface area contributed by atoms with Crippen molar-refractivity contribution in [3.63, 3.8) is 0 Å². The van der Waals surface area contributed by atoms with Crippen molar-refractivity contribution in [2.24, 2.45) is 0 Å². The molecule has 0 amide bonds. The molecule has 0 spiro atoms. The minimum Gasteiger partial charge on any atom is -0.481 e. The average Bonchev–Trinajstić information content (AvgIpc) is 2.34. The molecule has 4 heteroatoms. The highest BCUT2D eigenvalue weighted by Crippen LogP contribution is 2.05. The second kappa shape index (κ2) is 11.7. The monoisotopic (exact) mass is 199 g/mol. The van der Waals surface area contributed by atoms with Crippen LogP contribution in [0.15, 0.2) is 12.3 Å². The molecule has 14 heavy (non-hydrogen) atoms. The second-order valence-corrected chi connectivity index (χ2v) is 1.67. The van der Waals surface area contributed by atoms with Gasteiger partial charge in [0.1, 0.15) is 0 Å². The molecular weight excluding hydrogens is 178 g/mol. The Kier molecular flexibility index (Phi) is 12.7. The Labute approximate surface area is 86.7 Å². The third kappa shape index (κ3) is 6.22. The van der Waals surface area contributed by atoms with E-state index in [1.165, 1.54) is 0 Å². The van der Waals surface area contributed by atoms with Crippen LogP contribution in [0.4, 0.5) is 5.95 Å². The maximum absolute atomic E-state index is 4.87. The summed E-state index contributed by atoms with van der Waals surface area (Å²) < 4.78 is 4.87. The number of hydrogen-bond acceptors (Lipinski definition) is 4. The van der Waals surface area contributed by atoms with Crippen molar-refractivity contribution in [1.29, 1.82) is 0 Å². The third-order valence-corrected chi connectivity index (χ3v) is 1.06. The maximum Gasteiger partial charge on any atom is 0.225 e. The number of anilines is 1. The fourth-order valence-corrected chi connectivity index (χ4v) is 0.576. The molecule has 0 radical (unpaired) electrons. The van der Waals surface area contributed by atoms with Crippen LogP contribution in [0.5, 0.6) is 5.88 Å². The molecule has 1 heterocycles. The molecule has 4 nitrogen and oxygen atoms in total. The molecule has 0 fully saturated rings. The Balaban J connectivity index is 0. The average molecular weight is 199 g/mol. The zero-order valence-corrected chi connectivity index (χ0v) is 9.96. The van der Waals surface area contributed by atoms with Crippen LogP contribution >= 0.6 is 0 Å². The van der Waals surface area contributed by atoms with Gasteiger partial charge in [-0.1, -0.05) is 27.7 Å². The van der Waals surface area contributed by atoms with Gasteiger partial charge >= 0.3 is 0 Å². The molecule has 0 aromatic carbocycles. The third-order valence-electron chi connectivity index (χ3n) is 1.06. The molecule has 1 rings (SSSR count). The van der Waals surface area contributed by atoms with E-state index < -0.39 is 0 Å². The van der Waals surface area contributed by atoms with E-state index in [9.17, 15) is 0 Å². The number of nitrogens with one attached hydrogen (secondary N) is 1. The van der Waals surface area contributed by atoms with Gasteiger partial charge in [-0.15, -0.1) is 0 Å². The van der Waals surface area contributed by atoms with Gasteiger partial charge < -0.3 is 10.1 Å². The van der Waals surface area contributed by atoms with Crippen molar-refractivity contribution in [3.05, 3.63) is 12.3 Å². The molecule has 0 saturated heterocycles. The molecular formula is C10H21N3O. The lowest BCUT2D eigenvalue weighted by Crippen LogP contribution is -1.96. The lowest BCUT2D eigenvalue weighted by Gasteiger charge is -1.99. The minimum atomic E-state index is 0.569. The van der Waals surface area contributed by atoms with Crippen molar-refractivity contribution >= 4 is 5.95 Å². The Bertz CT molecular complexity index is 197. The zero-order valence-electron chi connectivity index (χ0n) is 9.96. The number of hydrogen-bond donors (Lipinski definition) is 1. The first-order chi connectivity index (χ1) is 6.86. The smallest absolute Gasteiger partial charge is 0.225 e. The van der Waals surface area contributed by atoms with Crippen LogP contribution in [0.3, 0.4) is 0 Å². The lowest BCUT2D eigenvalue weighted by atomic mass is 10.6. The lowest BCUT2D eigenvalue weighted by molar-refractivity contribution is 0.397. The molecule has 0 aliphatic heterocycles. The first kappa shape index (κ1) is 15.2. The number of nitrogens with zero attached hydrogens (tertiary/aromatic N) is 2. The van der Waals surface area contributed by atoms with Gasteiger partial charge in [-0.3, -0.25) is 0 Å². The normalized spacial score (nSPS) is 7.29. The first-order valence-corrected chi connectivity index (χ1v) is 4.91. The first-order valence-electron chi connectivity index (χ1n) is 4.91. The number of aromatic nitrogens is 2. The molecule has 1 N–H and O–H groups in total. The van der Waals surface area contributed by atoms with Gasteiger partial charge in [0, 0.05) is 19.3 Å². The Morgan fingerprint density at radius 1 is 1.21 bits per heavy atom. The Morgan fingerprint density at radius 3 is 2.21 bits per heavy atom. The van der Waals surface area contributed by atoms with Crippen LogP contribution in [0.2, 0.25) is 0 Å². The van der Waals surface area contributed by atoms with Crippen LogP contribution in [0, 0.1) is 0 Å². The summed E-state index contributed by atoms with van der Waals surface area (Å²) in [6, 6.07) is 1.70. The van der Waals surface area contributed by atoms with Crippen LogP contribution in [-0.2, 0) is 0 Å². The summed E-state index contributed by atoms with van der Waals surface area (Å²) in [5.41, 5.74) is 0. The minimum absolute atomic E-state index is 0.569. The van der Waals surface area contributed by atoms with Crippen LogP contribution in [0.25, 0.3) is 0 Å². The molecule has 0 aliphatic rings. The zero-order chi connectivity index (χ0) is 11.4. The van der Waals surface area contributed by atoms with Gasteiger partial charge in [0.2, 0.25) is 11.8 Å². The highest BCUT2D eigenvalue weighted by molar-refractivity contribution is 5.25. The van der Waals surface area contributed by atoms with Crippen molar-refractivity contribution in [2.75, 3.05) is 19.5 Å². The second-order valence-electron chi connectivity index (χ2n) is 1.67. The van der Waals surface area contributed by atoms with E-state index in [2.05, 4.69) is 15.3 Å². The van der Waals surface area contributed by atoms with Gasteiger partial charge in [0.25, 0.3) is 0 Å². The van der Waals surface area contributed by atoms with E-state index in [1.54, 1.807) is 26.4 Å². The summed E-state index contributed by atoms with van der Waals surface area (Å²) in [5, 5.41) is 2.80. The van der Waals surface area contributed by atoms with Gasteiger partial charge in [-0.25, -0.2) is 4.98 Å². The fourth-order valence-electron chi connectivity index (χ4n) is 0.576. The molecule has 0 aliphatic carbocycles. The van der Waals surface area contributed by atoms with Crippen LogP contribution in [-0.4, -0.2) is 24.1 Å². The van der Waals surface area contributed by atoms with Gasteiger partial charge in [-0.05, 0) is 0 Å². The van der Waals surface area contributed by atoms with Crippen molar-refractivity contribution < 1.29 is 4.74 Å². The highest BCUT2D eigenvalue weighted by Gasteiger charge is 1.93. The molecule has 82 valence electrons. The Hall–Kier alpha value is -1.32. The van der Waals surface area contributed by atoms with E-state index >= 15 is 0 Å². The molecule has 1 aromatic rings. The topological polar surface area (TPSA) is 47.0 Å². The molecule has 0 saturated carbocycles. The number of ether oxygens (including phenoxy) is 1. The summed E-state index contributed by atoms with van der Waals surface area (Å²) in [5.74, 6) is 1.14. The van der Waals surface area contributed by atoms with Crippen molar-refractivity contribution in [3.8, 4) is 5.88 Å². The predicted octanol–water partition coefficient (Wildman–Crippen LogP) is 2.58. The van der Waals surface area contributed by atoms with Crippen molar-refractivity contribution in [2.45, 2.75) is 27.7 Å². The van der Waals surface area contributed by atoms with E-state index in [4.69, 9.17) is 4.74 Å². The van der Waals surface area contributed by atoms with E-state index in [-0.39, 0.29) is 0 Å². The summed E-state index contributed by atoms with van der Waals surface area (Å²) in [7, 11) is 3.33. The van der Waals surface area contributed by atoms with Crippen molar-refractivity contribution in [1.82, 2.24) is 9.97 Å². The SMILES string of the molecule is CC.CC.CNc1nccc(OC)n1. The van der Waals surface area contributed by atoms with E-state index in [0.29, 0.717) is 11.8 Å². The van der Waals surface area contributed by atoms with Gasteiger partial charge in [-0.2, -0.15) is 4.98 Å². The fraction of sp³-hybridized carbons (Fsp3) is 0.600. The molecule has 0 atom stereocenters. The van der Waals surface area contributed by atoms with E-state index in [1.807, 2.05) is 27.7 Å². The van der Waals surface area contributed by atoms with Crippen LogP contribution in [0.1, 0.15) is 27.7 Å².